The zero-order chi connectivity index (χ0) is 17.4. The lowest BCUT2D eigenvalue weighted by Gasteiger charge is -2.19. The third-order valence-electron chi connectivity index (χ3n) is 3.08. The lowest BCUT2D eigenvalue weighted by Crippen LogP contribution is -2.44. The number of urea groups is 1. The molecule has 0 saturated carbocycles. The third-order valence-corrected chi connectivity index (χ3v) is 3.08. The van der Waals surface area contributed by atoms with Crippen molar-refractivity contribution < 1.29 is 23.9 Å². The molecule has 0 heterocycles. The van der Waals surface area contributed by atoms with Crippen LogP contribution >= 0.6 is 0 Å². The van der Waals surface area contributed by atoms with Crippen molar-refractivity contribution in [2.45, 2.75) is 26.3 Å². The van der Waals surface area contributed by atoms with Crippen LogP contribution in [0, 0.1) is 5.92 Å². The molecule has 0 aliphatic carbocycles. The van der Waals surface area contributed by atoms with Crippen LogP contribution in [0.1, 0.15) is 30.6 Å². The van der Waals surface area contributed by atoms with E-state index in [1.807, 2.05) is 13.8 Å². The van der Waals surface area contributed by atoms with Crippen LogP contribution in [-0.4, -0.2) is 38.2 Å². The lowest BCUT2D eigenvalue weighted by atomic mass is 10.0. The normalized spacial score (nSPS) is 11.5. The van der Waals surface area contributed by atoms with Crippen LogP contribution < -0.4 is 10.6 Å². The predicted molar refractivity (Wildman–Crippen MR) is 85.2 cm³/mol. The van der Waals surface area contributed by atoms with Crippen LogP contribution in [0.2, 0.25) is 0 Å². The summed E-state index contributed by atoms with van der Waals surface area (Å²) in [6.45, 7) is 3.87. The van der Waals surface area contributed by atoms with E-state index >= 15 is 0 Å². The van der Waals surface area contributed by atoms with E-state index in [2.05, 4.69) is 20.1 Å². The number of amides is 2. The first-order valence-electron chi connectivity index (χ1n) is 7.21. The molecule has 7 nitrogen and oxygen atoms in total. The smallest absolute Gasteiger partial charge is 0.339 e. The number of hydrogen-bond donors (Lipinski definition) is 2. The van der Waals surface area contributed by atoms with Gasteiger partial charge in [-0.05, 0) is 24.5 Å². The molecule has 1 rings (SSSR count). The quantitative estimate of drug-likeness (QED) is 0.783. The zero-order valence-electron chi connectivity index (χ0n) is 13.7. The van der Waals surface area contributed by atoms with E-state index in [1.165, 1.54) is 20.3 Å². The fraction of sp³-hybridized carbons (Fsp3) is 0.438. The zero-order valence-corrected chi connectivity index (χ0v) is 13.7. The van der Waals surface area contributed by atoms with E-state index in [0.29, 0.717) is 12.1 Å². The van der Waals surface area contributed by atoms with Crippen molar-refractivity contribution in [1.82, 2.24) is 5.32 Å². The number of benzene rings is 1. The number of nitrogens with one attached hydrogen (secondary N) is 2. The number of anilines is 1. The first-order chi connectivity index (χ1) is 10.9. The molecule has 0 bridgehead atoms. The summed E-state index contributed by atoms with van der Waals surface area (Å²) in [6.07, 6.45) is 0.443. The molecule has 0 saturated heterocycles. The maximum Gasteiger partial charge on any atom is 0.339 e. The first kappa shape index (κ1) is 18.5. The number of methoxy groups -OCH3 is 2. The Morgan fingerprint density at radius 2 is 1.74 bits per heavy atom. The molecule has 23 heavy (non-hydrogen) atoms. The minimum atomic E-state index is -0.759. The molecule has 0 aliphatic rings. The molecule has 1 unspecified atom stereocenters. The van der Waals surface area contributed by atoms with Gasteiger partial charge in [-0.15, -0.1) is 0 Å². The van der Waals surface area contributed by atoms with Gasteiger partial charge < -0.3 is 20.1 Å². The van der Waals surface area contributed by atoms with E-state index in [9.17, 15) is 14.4 Å². The highest BCUT2D eigenvalue weighted by Crippen LogP contribution is 2.16. The van der Waals surface area contributed by atoms with Gasteiger partial charge in [0.25, 0.3) is 0 Å². The van der Waals surface area contributed by atoms with Gasteiger partial charge in [0.2, 0.25) is 0 Å². The summed E-state index contributed by atoms with van der Waals surface area (Å²) in [5, 5.41) is 5.10. The van der Waals surface area contributed by atoms with Crippen molar-refractivity contribution in [3.8, 4) is 0 Å². The highest BCUT2D eigenvalue weighted by Gasteiger charge is 2.23. The fourth-order valence-corrected chi connectivity index (χ4v) is 2.02. The monoisotopic (exact) mass is 322 g/mol. The van der Waals surface area contributed by atoms with Crippen molar-refractivity contribution in [3.05, 3.63) is 29.8 Å². The molecule has 0 aromatic heterocycles. The first-order valence-corrected chi connectivity index (χ1v) is 7.21. The summed E-state index contributed by atoms with van der Waals surface area (Å²) in [5.74, 6) is -0.885. The van der Waals surface area contributed by atoms with Crippen LogP contribution in [0.15, 0.2) is 24.3 Å². The Bertz CT molecular complexity index is 571. The summed E-state index contributed by atoms with van der Waals surface area (Å²) in [5.41, 5.74) is 0.522. The largest absolute Gasteiger partial charge is 0.467 e. The molecule has 1 aromatic rings. The second-order valence-corrected chi connectivity index (χ2v) is 5.34. The van der Waals surface area contributed by atoms with Gasteiger partial charge in [-0.2, -0.15) is 0 Å². The van der Waals surface area contributed by atoms with Gasteiger partial charge in [0.1, 0.15) is 6.04 Å². The predicted octanol–water partition coefficient (Wildman–Crippen LogP) is 2.18. The molecule has 0 aliphatic heterocycles. The van der Waals surface area contributed by atoms with Crippen molar-refractivity contribution in [2.24, 2.45) is 5.92 Å². The molecule has 0 fully saturated rings. The molecule has 0 spiro atoms. The second kappa shape index (κ2) is 8.77. The molecule has 126 valence electrons. The van der Waals surface area contributed by atoms with Gasteiger partial charge in [0.05, 0.1) is 25.5 Å². The van der Waals surface area contributed by atoms with E-state index in [1.54, 1.807) is 18.2 Å². The Labute approximate surface area is 135 Å². The van der Waals surface area contributed by atoms with E-state index < -0.39 is 24.0 Å². The fourth-order valence-electron chi connectivity index (χ4n) is 2.02. The summed E-state index contributed by atoms with van der Waals surface area (Å²) < 4.78 is 9.35. The number of carbonyl (C=O) groups excluding carboxylic acids is 3. The highest BCUT2D eigenvalue weighted by atomic mass is 16.5. The number of hydrogen-bond acceptors (Lipinski definition) is 5. The van der Waals surface area contributed by atoms with Gasteiger partial charge in [0.15, 0.2) is 0 Å². The average molecular weight is 322 g/mol. The Kier molecular flexibility index (Phi) is 7.05. The van der Waals surface area contributed by atoms with Crippen LogP contribution in [0.25, 0.3) is 0 Å². The van der Waals surface area contributed by atoms with Gasteiger partial charge in [-0.1, -0.05) is 26.0 Å². The second-order valence-electron chi connectivity index (χ2n) is 5.34. The van der Waals surface area contributed by atoms with E-state index in [4.69, 9.17) is 0 Å². The summed E-state index contributed by atoms with van der Waals surface area (Å²) >= 11 is 0. The standard InChI is InChI=1S/C16H22N2O5/c1-10(2)9-13(15(20)23-4)18-16(21)17-12-8-6-5-7-11(12)14(19)22-3/h5-8,10,13H,9H2,1-4H3,(H2,17,18,21). The summed E-state index contributed by atoms with van der Waals surface area (Å²) in [7, 11) is 2.52. The lowest BCUT2D eigenvalue weighted by molar-refractivity contribution is -0.143. The minimum Gasteiger partial charge on any atom is -0.467 e. The Morgan fingerprint density at radius 1 is 1.09 bits per heavy atom. The highest BCUT2D eigenvalue weighted by molar-refractivity contribution is 6.01. The molecule has 2 N–H and O–H groups in total. The van der Waals surface area contributed by atoms with Crippen molar-refractivity contribution in [3.63, 3.8) is 0 Å². The number of ether oxygens (including phenoxy) is 2. The molecule has 7 heteroatoms. The molecule has 1 aromatic carbocycles. The van der Waals surface area contributed by atoms with Crippen molar-refractivity contribution >= 4 is 23.7 Å². The van der Waals surface area contributed by atoms with Crippen molar-refractivity contribution in [1.29, 1.82) is 0 Å². The van der Waals surface area contributed by atoms with E-state index in [-0.39, 0.29) is 11.5 Å². The Balaban J connectivity index is 2.83. The third kappa shape index (κ3) is 5.61. The van der Waals surface area contributed by atoms with Crippen LogP contribution in [-0.2, 0) is 14.3 Å². The molecular formula is C16H22N2O5. The van der Waals surface area contributed by atoms with Gasteiger partial charge in [-0.25, -0.2) is 14.4 Å². The van der Waals surface area contributed by atoms with Gasteiger partial charge >= 0.3 is 18.0 Å². The topological polar surface area (TPSA) is 93.7 Å². The molecule has 1 atom stereocenters. The summed E-state index contributed by atoms with van der Waals surface area (Å²) in [6, 6.07) is 5.08. The molecular weight excluding hydrogens is 300 g/mol. The summed E-state index contributed by atoms with van der Waals surface area (Å²) in [4.78, 5) is 35.5. The Hall–Kier alpha value is -2.57. The van der Waals surface area contributed by atoms with Crippen molar-refractivity contribution in [2.75, 3.05) is 19.5 Å². The van der Waals surface area contributed by atoms with Crippen LogP contribution in [0.4, 0.5) is 10.5 Å². The SMILES string of the molecule is COC(=O)c1ccccc1NC(=O)NC(CC(C)C)C(=O)OC. The maximum atomic E-state index is 12.1. The number of esters is 2. The number of para-hydroxylation sites is 1. The van der Waals surface area contributed by atoms with E-state index in [0.717, 1.165) is 0 Å². The molecule has 0 radical (unpaired) electrons. The van der Waals surface area contributed by atoms with Gasteiger partial charge in [0, 0.05) is 0 Å². The number of rotatable bonds is 6. The molecule has 2 amide bonds. The number of carbonyl (C=O) groups is 3. The minimum absolute atomic E-state index is 0.196. The van der Waals surface area contributed by atoms with Gasteiger partial charge in [-0.3, -0.25) is 0 Å². The Morgan fingerprint density at radius 3 is 2.30 bits per heavy atom. The average Bonchev–Trinajstić information content (AvgIpc) is 2.52. The van der Waals surface area contributed by atoms with Crippen LogP contribution in [0.5, 0.6) is 0 Å². The maximum absolute atomic E-state index is 12.1. The van der Waals surface area contributed by atoms with Crippen LogP contribution in [0.3, 0.4) is 0 Å².